The van der Waals surface area contributed by atoms with E-state index in [4.69, 9.17) is 11.6 Å². The molecule has 22 nitrogen and oxygen atoms in total. The van der Waals surface area contributed by atoms with Gasteiger partial charge in [0.05, 0.1) is 30.2 Å². The third-order valence-electron chi connectivity index (χ3n) is 18.9. The maximum atomic E-state index is 15.0. The fraction of sp³-hybridized carbons (Fsp3) is 0.738. The van der Waals surface area contributed by atoms with Crippen LogP contribution in [0.1, 0.15) is 169 Å². The molecule has 2 heterocycles. The van der Waals surface area contributed by atoms with Crippen molar-refractivity contribution in [2.45, 2.75) is 219 Å². The Labute approximate surface area is 540 Å². The quantitative estimate of drug-likeness (QED) is 0.213. The molecular formula is C65H101ClF3N11O11. The van der Waals surface area contributed by atoms with Gasteiger partial charge in [0.25, 0.3) is 0 Å². The first-order chi connectivity index (χ1) is 42.7. The van der Waals surface area contributed by atoms with Gasteiger partial charge in [-0.2, -0.15) is 13.2 Å². The Bertz CT molecular complexity index is 2780. The van der Waals surface area contributed by atoms with E-state index in [-0.39, 0.29) is 76.3 Å². The molecule has 2 aliphatic carbocycles. The van der Waals surface area contributed by atoms with Crippen molar-refractivity contribution < 1.29 is 65.9 Å². The minimum atomic E-state index is -4.74. The summed E-state index contributed by atoms with van der Waals surface area (Å²) in [7, 11) is 7.18. The van der Waals surface area contributed by atoms with Crippen LogP contribution in [-0.4, -0.2) is 215 Å². The maximum absolute atomic E-state index is 15.0. The van der Waals surface area contributed by atoms with Crippen LogP contribution in [0.25, 0.3) is 0 Å². The molecule has 8 atom stereocenters. The number of carbonyl (C=O) groups is 11. The van der Waals surface area contributed by atoms with Crippen molar-refractivity contribution in [1.82, 2.24) is 55.6 Å². The van der Waals surface area contributed by atoms with Crippen molar-refractivity contribution >= 4 is 76.6 Å². The summed E-state index contributed by atoms with van der Waals surface area (Å²) in [6.45, 7) is 12.7. The lowest BCUT2D eigenvalue weighted by molar-refractivity contribution is -0.149. The summed E-state index contributed by atoms with van der Waals surface area (Å²) in [5, 5.41) is 11.0. The zero-order valence-corrected chi connectivity index (χ0v) is 56.5. The SMILES string of the molecule is CC[C@H](C)[C@@H]1NC(=O)[C@H](CC(C)C)N(C)C(=O)C[C@@H](C)NC(=O)[C@H](C(C)C)N(C)C(=O)C2(CCCC2)NC(=O)[C@@H]2CCCN2C(=O)[C@H](CCc2ccc(C(F)(F)F)c(Cl)c2)NC(=O)CN(C)C(=O)[C@H](CC2CCCCC2)N(C)C(=O)CN(C)C(=O)CN(CC)C1=O. The predicted octanol–water partition coefficient (Wildman–Crippen LogP) is 5.55. The highest BCUT2D eigenvalue weighted by molar-refractivity contribution is 6.31. The molecule has 1 spiro atoms. The molecule has 4 N–H and O–H groups in total. The highest BCUT2D eigenvalue weighted by atomic mass is 35.5. The number of benzene rings is 1. The molecule has 0 aromatic heterocycles. The monoisotopic (exact) mass is 1300 g/mol. The molecule has 1 aromatic rings. The number of nitrogens with zero attached hydrogens (tertiary/aromatic N) is 7. The topological polar surface area (TPSA) is 259 Å². The molecule has 11 amide bonds. The number of halogens is 4. The van der Waals surface area contributed by atoms with E-state index in [1.807, 2.05) is 20.8 Å². The Balaban J connectivity index is 1.55. The van der Waals surface area contributed by atoms with Crippen LogP contribution >= 0.6 is 11.6 Å². The molecule has 0 bridgehead atoms. The number of rotatable bonds is 11. The van der Waals surface area contributed by atoms with E-state index in [2.05, 4.69) is 21.3 Å². The Morgan fingerprint density at radius 2 is 1.31 bits per heavy atom. The molecule has 4 fully saturated rings. The second kappa shape index (κ2) is 33.4. The van der Waals surface area contributed by atoms with Gasteiger partial charge in [0.15, 0.2) is 0 Å². The predicted molar refractivity (Wildman–Crippen MR) is 337 cm³/mol. The van der Waals surface area contributed by atoms with Gasteiger partial charge in [-0.15, -0.1) is 0 Å². The summed E-state index contributed by atoms with van der Waals surface area (Å²) in [5.74, 6) is -7.73. The van der Waals surface area contributed by atoms with Crippen LogP contribution in [-0.2, 0) is 65.3 Å². The van der Waals surface area contributed by atoms with Crippen molar-refractivity contribution in [2.24, 2.45) is 23.7 Å². The van der Waals surface area contributed by atoms with E-state index in [1.54, 1.807) is 34.6 Å². The van der Waals surface area contributed by atoms with Gasteiger partial charge >= 0.3 is 6.18 Å². The van der Waals surface area contributed by atoms with Crippen molar-refractivity contribution in [2.75, 3.05) is 68.0 Å². The van der Waals surface area contributed by atoms with E-state index < -0.39 is 161 Å². The van der Waals surface area contributed by atoms with Gasteiger partial charge in [0.1, 0.15) is 41.8 Å². The summed E-state index contributed by atoms with van der Waals surface area (Å²) < 4.78 is 41.3. The molecule has 91 heavy (non-hydrogen) atoms. The zero-order valence-electron chi connectivity index (χ0n) is 55.8. The summed E-state index contributed by atoms with van der Waals surface area (Å²) in [6, 6.07) is -4.58. The third kappa shape index (κ3) is 19.8. The first kappa shape index (κ1) is 75.2. The van der Waals surface area contributed by atoms with Crippen LogP contribution in [0.2, 0.25) is 5.02 Å². The Morgan fingerprint density at radius 3 is 1.89 bits per heavy atom. The van der Waals surface area contributed by atoms with Gasteiger partial charge in [-0.3, -0.25) is 52.7 Å². The van der Waals surface area contributed by atoms with Crippen LogP contribution in [0.15, 0.2) is 18.2 Å². The van der Waals surface area contributed by atoms with E-state index in [9.17, 15) is 56.3 Å². The number of nitrogens with one attached hydrogen (secondary N) is 4. The number of alkyl halides is 3. The number of likely N-dealkylation sites (N-methyl/N-ethyl adjacent to an activating group) is 6. The lowest BCUT2D eigenvalue weighted by atomic mass is 9.84. The van der Waals surface area contributed by atoms with E-state index in [0.29, 0.717) is 31.2 Å². The Hall–Kier alpha value is -6.53. The molecule has 510 valence electrons. The molecule has 2 aliphatic heterocycles. The molecular weight excluding hydrogens is 1200 g/mol. The normalized spacial score (nSPS) is 26.2. The third-order valence-corrected chi connectivity index (χ3v) is 19.2. The molecule has 0 radical (unpaired) electrons. The van der Waals surface area contributed by atoms with Crippen LogP contribution in [0, 0.1) is 23.7 Å². The molecule has 4 aliphatic rings. The first-order valence-corrected chi connectivity index (χ1v) is 33.0. The summed E-state index contributed by atoms with van der Waals surface area (Å²) in [6.07, 6.45) is 2.07. The highest BCUT2D eigenvalue weighted by Crippen LogP contribution is 2.37. The molecule has 2 saturated carbocycles. The number of hydrogen-bond donors (Lipinski definition) is 4. The van der Waals surface area contributed by atoms with Gasteiger partial charge in [-0.25, -0.2) is 0 Å². The molecule has 1 aromatic carbocycles. The van der Waals surface area contributed by atoms with Gasteiger partial charge in [-0.1, -0.05) is 111 Å². The van der Waals surface area contributed by atoms with Crippen molar-refractivity contribution in [3.63, 3.8) is 0 Å². The average molecular weight is 1310 g/mol. The molecule has 0 unspecified atom stereocenters. The van der Waals surface area contributed by atoms with Crippen molar-refractivity contribution in [1.29, 1.82) is 0 Å². The fourth-order valence-corrected chi connectivity index (χ4v) is 13.5. The second-order valence-corrected chi connectivity index (χ2v) is 27.1. The summed E-state index contributed by atoms with van der Waals surface area (Å²) in [5.41, 5.74) is -2.25. The number of aryl methyl sites for hydroxylation is 1. The Morgan fingerprint density at radius 1 is 0.670 bits per heavy atom. The number of hydrogen-bond acceptors (Lipinski definition) is 11. The molecule has 5 rings (SSSR count). The lowest BCUT2D eigenvalue weighted by Gasteiger charge is -2.39. The molecule has 26 heteroatoms. The largest absolute Gasteiger partial charge is 0.417 e. The summed E-state index contributed by atoms with van der Waals surface area (Å²) >= 11 is 6.11. The van der Waals surface area contributed by atoms with Crippen LogP contribution in [0.3, 0.4) is 0 Å². The number of fused-ring (bicyclic) bond motifs is 1. The van der Waals surface area contributed by atoms with Gasteiger partial charge in [-0.05, 0) is 107 Å². The van der Waals surface area contributed by atoms with Gasteiger partial charge < -0.3 is 55.6 Å². The van der Waals surface area contributed by atoms with Crippen LogP contribution in [0.5, 0.6) is 0 Å². The summed E-state index contributed by atoms with van der Waals surface area (Å²) in [4.78, 5) is 169. The maximum Gasteiger partial charge on any atom is 0.417 e. The smallest absolute Gasteiger partial charge is 0.351 e. The number of carbonyl (C=O) groups excluding carboxylic acids is 11. The van der Waals surface area contributed by atoms with Crippen LogP contribution in [0.4, 0.5) is 13.2 Å². The molecule has 2 saturated heterocycles. The van der Waals surface area contributed by atoms with Crippen molar-refractivity contribution in [3.05, 3.63) is 34.3 Å². The van der Waals surface area contributed by atoms with E-state index in [1.165, 1.54) is 65.8 Å². The van der Waals surface area contributed by atoms with E-state index in [0.717, 1.165) is 54.0 Å². The first-order valence-electron chi connectivity index (χ1n) is 32.6. The minimum absolute atomic E-state index is 0.0334. The average Bonchev–Trinajstić information content (AvgIpc) is 1.75. The van der Waals surface area contributed by atoms with Crippen molar-refractivity contribution in [3.8, 4) is 0 Å². The van der Waals surface area contributed by atoms with E-state index >= 15 is 9.59 Å². The lowest BCUT2D eigenvalue weighted by Crippen LogP contribution is -2.64. The Kier molecular flexibility index (Phi) is 27.6. The zero-order chi connectivity index (χ0) is 68.0. The van der Waals surface area contributed by atoms with Crippen LogP contribution < -0.4 is 21.3 Å². The van der Waals surface area contributed by atoms with Gasteiger partial charge in [0, 0.05) is 60.8 Å². The fourth-order valence-electron chi connectivity index (χ4n) is 13.2. The second-order valence-electron chi connectivity index (χ2n) is 26.7. The highest BCUT2D eigenvalue weighted by Gasteiger charge is 2.50. The van der Waals surface area contributed by atoms with Gasteiger partial charge in [0.2, 0.25) is 65.0 Å². The minimum Gasteiger partial charge on any atom is -0.351 e. The number of amides is 11. The standard InChI is InChI=1S/C65H101ClF3N11O11/c1-14-41(7)55-62(90)79(15-2)38-53(83)74(9)37-54(84)77(12)50(35-43-22-17-16-18-23-43)61(89)75(10)36-51(81)71-47(28-26-44-25-27-45(46(66)34-44)65(67,68)69)60(88)80-31-21-24-48(80)58(86)73-64(29-19-20-30-64)63(91)78(13)56(40(5)6)59(87)70-42(8)33-52(82)76(11)49(32-39(3)4)57(85)72-55/h25,27,34,39-43,47-50,55-56H,14-24,26,28-33,35-38H2,1-13H3,(H,70,87)(H,71,81)(H,72,85)(H,73,86)/t41-,42+,47-,48-,49-,50-,55-,56-/m0/s1.